The van der Waals surface area contributed by atoms with Crippen molar-refractivity contribution < 1.29 is 0 Å². The second-order valence-corrected chi connectivity index (χ2v) is 6.01. The number of hydrogen-bond donors (Lipinski definition) is 1. The highest BCUT2D eigenvalue weighted by Crippen LogP contribution is 2.38. The van der Waals surface area contributed by atoms with Gasteiger partial charge in [-0.15, -0.1) is 0 Å². The predicted molar refractivity (Wildman–Crippen MR) is 77.3 cm³/mol. The van der Waals surface area contributed by atoms with E-state index < -0.39 is 0 Å². The molecule has 0 heterocycles. The maximum Gasteiger partial charge on any atom is -0.00209 e. The zero-order chi connectivity index (χ0) is 12.5. The highest BCUT2D eigenvalue weighted by atomic mass is 14.8. The number of rotatable bonds is 8. The summed E-state index contributed by atoms with van der Waals surface area (Å²) in [4.78, 5) is 0. The van der Waals surface area contributed by atoms with Crippen LogP contribution in [0.3, 0.4) is 0 Å². The van der Waals surface area contributed by atoms with Gasteiger partial charge in [-0.05, 0) is 44.2 Å². The Labute approximate surface area is 109 Å². The van der Waals surface area contributed by atoms with Crippen LogP contribution >= 0.6 is 0 Å². The molecule has 0 aliphatic heterocycles. The van der Waals surface area contributed by atoms with Crippen molar-refractivity contribution >= 4 is 0 Å². The Morgan fingerprint density at radius 2 is 1.82 bits per heavy atom. The molecule has 17 heavy (non-hydrogen) atoms. The van der Waals surface area contributed by atoms with Crippen LogP contribution in [-0.2, 0) is 0 Å². The first-order valence-corrected chi connectivity index (χ1v) is 7.96. The minimum atomic E-state index is 0.962. The Balaban J connectivity index is 2.32. The van der Waals surface area contributed by atoms with Crippen molar-refractivity contribution in [1.82, 2.24) is 5.32 Å². The Morgan fingerprint density at radius 3 is 2.47 bits per heavy atom. The Morgan fingerprint density at radius 1 is 1.00 bits per heavy atom. The zero-order valence-corrected chi connectivity index (χ0v) is 12.3. The van der Waals surface area contributed by atoms with E-state index in [1.807, 2.05) is 0 Å². The predicted octanol–water partition coefficient (Wildman–Crippen LogP) is 4.62. The van der Waals surface area contributed by atoms with Gasteiger partial charge in [0.1, 0.15) is 0 Å². The lowest BCUT2D eigenvalue weighted by Gasteiger charge is -2.36. The fraction of sp³-hybridized carbons (Fsp3) is 1.00. The summed E-state index contributed by atoms with van der Waals surface area (Å²) in [7, 11) is 2.11. The summed E-state index contributed by atoms with van der Waals surface area (Å²) in [5.74, 6) is 3.00. The summed E-state index contributed by atoms with van der Waals surface area (Å²) in [5, 5.41) is 3.40. The van der Waals surface area contributed by atoms with E-state index >= 15 is 0 Å². The van der Waals surface area contributed by atoms with E-state index in [0.717, 1.165) is 17.8 Å². The molecule has 1 nitrogen and oxygen atoms in total. The van der Waals surface area contributed by atoms with Crippen molar-refractivity contribution in [3.8, 4) is 0 Å². The SMILES string of the molecule is CCCCCCC1CC(CC)CCC1CNC. The third kappa shape index (κ3) is 5.42. The van der Waals surface area contributed by atoms with Crippen LogP contribution in [0, 0.1) is 17.8 Å². The smallest absolute Gasteiger partial charge is 0.00209 e. The molecule has 0 aromatic heterocycles. The lowest BCUT2D eigenvalue weighted by molar-refractivity contribution is 0.162. The van der Waals surface area contributed by atoms with E-state index in [4.69, 9.17) is 0 Å². The molecule has 0 radical (unpaired) electrons. The largest absolute Gasteiger partial charge is 0.319 e. The van der Waals surface area contributed by atoms with Crippen molar-refractivity contribution in [3.05, 3.63) is 0 Å². The van der Waals surface area contributed by atoms with Crippen LogP contribution in [0.4, 0.5) is 0 Å². The van der Waals surface area contributed by atoms with Gasteiger partial charge in [0.25, 0.3) is 0 Å². The Kier molecular flexibility index (Phi) is 7.92. The van der Waals surface area contributed by atoms with Crippen LogP contribution in [0.25, 0.3) is 0 Å². The van der Waals surface area contributed by atoms with Crippen LogP contribution in [0.15, 0.2) is 0 Å². The summed E-state index contributed by atoms with van der Waals surface area (Å²) < 4.78 is 0. The summed E-state index contributed by atoms with van der Waals surface area (Å²) in [5.41, 5.74) is 0. The van der Waals surface area contributed by atoms with E-state index in [1.54, 1.807) is 0 Å². The minimum Gasteiger partial charge on any atom is -0.319 e. The van der Waals surface area contributed by atoms with Gasteiger partial charge in [-0.1, -0.05) is 58.8 Å². The third-order valence-corrected chi connectivity index (χ3v) is 4.72. The van der Waals surface area contributed by atoms with Gasteiger partial charge in [-0.2, -0.15) is 0 Å². The molecule has 1 heteroatoms. The summed E-state index contributed by atoms with van der Waals surface area (Å²) in [6, 6.07) is 0. The first kappa shape index (κ1) is 15.0. The quantitative estimate of drug-likeness (QED) is 0.610. The maximum atomic E-state index is 3.40. The zero-order valence-electron chi connectivity index (χ0n) is 12.3. The molecule has 0 spiro atoms. The van der Waals surface area contributed by atoms with Gasteiger partial charge in [-0.25, -0.2) is 0 Å². The average Bonchev–Trinajstić information content (AvgIpc) is 2.36. The van der Waals surface area contributed by atoms with Crippen LogP contribution in [0.1, 0.15) is 71.6 Å². The minimum absolute atomic E-state index is 0.962. The molecule has 102 valence electrons. The molecule has 0 amide bonds. The van der Waals surface area contributed by atoms with E-state index in [9.17, 15) is 0 Å². The number of hydrogen-bond acceptors (Lipinski definition) is 1. The molecule has 0 aromatic carbocycles. The van der Waals surface area contributed by atoms with Gasteiger partial charge in [-0.3, -0.25) is 0 Å². The van der Waals surface area contributed by atoms with E-state index in [2.05, 4.69) is 26.2 Å². The van der Waals surface area contributed by atoms with Gasteiger partial charge in [0.05, 0.1) is 0 Å². The molecule has 0 saturated heterocycles. The fourth-order valence-corrected chi connectivity index (χ4v) is 3.51. The van der Waals surface area contributed by atoms with Crippen LogP contribution in [0.5, 0.6) is 0 Å². The highest BCUT2D eigenvalue weighted by molar-refractivity contribution is 4.80. The van der Waals surface area contributed by atoms with E-state index in [1.165, 1.54) is 64.3 Å². The molecule has 1 rings (SSSR count). The van der Waals surface area contributed by atoms with Crippen LogP contribution in [0.2, 0.25) is 0 Å². The highest BCUT2D eigenvalue weighted by Gasteiger charge is 2.28. The number of unbranched alkanes of at least 4 members (excludes halogenated alkanes) is 3. The lowest BCUT2D eigenvalue weighted by Crippen LogP contribution is -2.31. The van der Waals surface area contributed by atoms with Crippen molar-refractivity contribution in [1.29, 1.82) is 0 Å². The number of nitrogens with one attached hydrogen (secondary N) is 1. The molecule has 3 atom stereocenters. The molecule has 0 aromatic rings. The van der Waals surface area contributed by atoms with E-state index in [-0.39, 0.29) is 0 Å². The molecule has 0 bridgehead atoms. The van der Waals surface area contributed by atoms with Gasteiger partial charge in [0, 0.05) is 0 Å². The third-order valence-electron chi connectivity index (χ3n) is 4.72. The van der Waals surface area contributed by atoms with Crippen molar-refractivity contribution in [2.75, 3.05) is 13.6 Å². The van der Waals surface area contributed by atoms with Gasteiger partial charge < -0.3 is 5.32 Å². The maximum absolute atomic E-state index is 3.40. The van der Waals surface area contributed by atoms with Crippen molar-refractivity contribution in [2.24, 2.45) is 17.8 Å². The van der Waals surface area contributed by atoms with Crippen LogP contribution in [-0.4, -0.2) is 13.6 Å². The topological polar surface area (TPSA) is 12.0 Å². The molecule has 1 saturated carbocycles. The summed E-state index contributed by atoms with van der Waals surface area (Å²) >= 11 is 0. The second kappa shape index (κ2) is 8.97. The van der Waals surface area contributed by atoms with E-state index in [0.29, 0.717) is 0 Å². The molecular formula is C16H33N. The van der Waals surface area contributed by atoms with Crippen molar-refractivity contribution in [3.63, 3.8) is 0 Å². The summed E-state index contributed by atoms with van der Waals surface area (Å²) in [6.07, 6.45) is 13.1. The molecule has 1 aliphatic rings. The molecule has 1 N–H and O–H groups in total. The first-order valence-electron chi connectivity index (χ1n) is 7.96. The van der Waals surface area contributed by atoms with Gasteiger partial charge in [0.15, 0.2) is 0 Å². The average molecular weight is 239 g/mol. The molecule has 3 unspecified atom stereocenters. The molecular weight excluding hydrogens is 206 g/mol. The normalized spacial score (nSPS) is 29.5. The first-order chi connectivity index (χ1) is 8.31. The molecule has 1 aliphatic carbocycles. The van der Waals surface area contributed by atoms with Gasteiger partial charge in [0.2, 0.25) is 0 Å². The molecule has 1 fully saturated rings. The fourth-order valence-electron chi connectivity index (χ4n) is 3.51. The summed E-state index contributed by atoms with van der Waals surface area (Å²) in [6.45, 7) is 5.92. The Bertz CT molecular complexity index is 178. The lowest BCUT2D eigenvalue weighted by atomic mass is 9.71. The van der Waals surface area contributed by atoms with Crippen LogP contribution < -0.4 is 5.32 Å². The van der Waals surface area contributed by atoms with Gasteiger partial charge >= 0.3 is 0 Å². The standard InChI is InChI=1S/C16H33N/c1-4-6-7-8-9-15-12-14(5-2)10-11-16(15)13-17-3/h14-17H,4-13H2,1-3H3. The monoisotopic (exact) mass is 239 g/mol. The van der Waals surface area contributed by atoms with Crippen molar-refractivity contribution in [2.45, 2.75) is 71.6 Å². The second-order valence-electron chi connectivity index (χ2n) is 6.01. The Hall–Kier alpha value is -0.0400.